The second-order valence-electron chi connectivity index (χ2n) is 8.60. The maximum absolute atomic E-state index is 2.45. The zero-order valence-electron chi connectivity index (χ0n) is 15.3. The number of hydrogen-bond acceptors (Lipinski definition) is 0. The van der Waals surface area contributed by atoms with Crippen LogP contribution in [0.1, 0.15) is 63.8 Å². The first-order valence-electron chi connectivity index (χ1n) is 8.10. The summed E-state index contributed by atoms with van der Waals surface area (Å²) >= 11 is 1.53. The Hall–Kier alpha value is 0.283. The van der Waals surface area contributed by atoms with Crippen LogP contribution in [0.15, 0.2) is 30.3 Å². The second-order valence-corrected chi connectivity index (χ2v) is 9.92. The van der Waals surface area contributed by atoms with E-state index < -0.39 is 0 Å². The summed E-state index contributed by atoms with van der Waals surface area (Å²) in [6.07, 6.45) is 1.11. The molecule has 0 atom stereocenters. The molecule has 0 aromatic heterocycles. The number of benzene rings is 2. The van der Waals surface area contributed by atoms with E-state index in [1.165, 1.54) is 55.8 Å². The van der Waals surface area contributed by atoms with E-state index in [1.807, 2.05) is 0 Å². The van der Waals surface area contributed by atoms with E-state index in [2.05, 4.69) is 71.9 Å². The molecule has 24 heavy (non-hydrogen) atoms. The summed E-state index contributed by atoms with van der Waals surface area (Å²) in [6.45, 7) is 13.8. The predicted octanol–water partition coefficient (Wildman–Crippen LogP) is -0.967. The van der Waals surface area contributed by atoms with E-state index in [1.54, 1.807) is 5.56 Å². The Bertz CT molecular complexity index is 750. The largest absolute Gasteiger partial charge is 1.00 e. The Labute approximate surface area is 183 Å². The van der Waals surface area contributed by atoms with Crippen LogP contribution in [-0.2, 0) is 42.0 Å². The minimum Gasteiger partial charge on any atom is -1.00 e. The summed E-state index contributed by atoms with van der Waals surface area (Å²) < 4.78 is 1.53. The SMILES string of the molecule is CC(C)(C)c1ccc2c(c1)-c1cc(C(C)(C)C)c[c]([Zr+2])c1C2.[Br-].[Br-]. The normalized spacial score (nSPS) is 12.8. The summed E-state index contributed by atoms with van der Waals surface area (Å²) in [4.78, 5) is 0. The van der Waals surface area contributed by atoms with Crippen molar-refractivity contribution in [3.05, 3.63) is 52.6 Å². The third kappa shape index (κ3) is 4.16. The van der Waals surface area contributed by atoms with Crippen LogP contribution in [0.5, 0.6) is 0 Å². The van der Waals surface area contributed by atoms with Crippen LogP contribution >= 0.6 is 0 Å². The Morgan fingerprint density at radius 2 is 1.29 bits per heavy atom. The van der Waals surface area contributed by atoms with Gasteiger partial charge in [-0.05, 0) is 0 Å². The van der Waals surface area contributed by atoms with Gasteiger partial charge in [0.2, 0.25) is 0 Å². The molecule has 0 unspecified atom stereocenters. The molecular weight excluding hydrogens is 503 g/mol. The van der Waals surface area contributed by atoms with Gasteiger partial charge < -0.3 is 34.0 Å². The molecule has 3 heteroatoms. The van der Waals surface area contributed by atoms with E-state index >= 15 is 0 Å². The van der Waals surface area contributed by atoms with Crippen molar-refractivity contribution in [2.75, 3.05) is 0 Å². The molecule has 0 amide bonds. The minimum atomic E-state index is 0. The third-order valence-electron chi connectivity index (χ3n) is 4.75. The molecule has 0 saturated carbocycles. The molecule has 0 nitrogen and oxygen atoms in total. The molecular formula is C21H25Br2Zr. The van der Waals surface area contributed by atoms with Gasteiger partial charge >= 0.3 is 150 Å². The fourth-order valence-electron chi connectivity index (χ4n) is 3.17. The molecule has 0 aliphatic heterocycles. The number of halogens is 2. The summed E-state index contributed by atoms with van der Waals surface area (Å²) in [7, 11) is 0. The first-order chi connectivity index (χ1) is 10.1. The minimum absolute atomic E-state index is 0. The van der Waals surface area contributed by atoms with Crippen molar-refractivity contribution in [2.24, 2.45) is 0 Å². The molecule has 0 heterocycles. The average molecular weight is 528 g/mol. The van der Waals surface area contributed by atoms with Crippen LogP contribution in [0.3, 0.4) is 0 Å². The molecule has 0 spiro atoms. The van der Waals surface area contributed by atoms with Crippen LogP contribution < -0.4 is 37.2 Å². The zero-order valence-corrected chi connectivity index (χ0v) is 21.0. The van der Waals surface area contributed by atoms with Gasteiger partial charge in [0.05, 0.1) is 0 Å². The Kier molecular flexibility index (Phi) is 6.97. The van der Waals surface area contributed by atoms with Gasteiger partial charge in [0.1, 0.15) is 0 Å². The van der Waals surface area contributed by atoms with Crippen molar-refractivity contribution in [3.8, 4) is 11.1 Å². The maximum atomic E-state index is 2.45. The van der Waals surface area contributed by atoms with Gasteiger partial charge in [-0.3, -0.25) is 0 Å². The van der Waals surface area contributed by atoms with Crippen LogP contribution in [0, 0.1) is 0 Å². The average Bonchev–Trinajstić information content (AvgIpc) is 2.75. The summed E-state index contributed by atoms with van der Waals surface area (Å²) in [6, 6.07) is 12.0. The van der Waals surface area contributed by atoms with Gasteiger partial charge in [0, 0.05) is 0 Å². The van der Waals surface area contributed by atoms with E-state index in [4.69, 9.17) is 0 Å². The van der Waals surface area contributed by atoms with Crippen LogP contribution in [0.25, 0.3) is 11.1 Å². The van der Waals surface area contributed by atoms with Crippen LogP contribution in [0.4, 0.5) is 0 Å². The molecule has 127 valence electrons. The first-order valence-corrected chi connectivity index (χ1v) is 9.33. The fraction of sp³-hybridized carbons (Fsp3) is 0.429. The van der Waals surface area contributed by atoms with Gasteiger partial charge in [0.15, 0.2) is 0 Å². The van der Waals surface area contributed by atoms with Crippen molar-refractivity contribution in [1.29, 1.82) is 0 Å². The van der Waals surface area contributed by atoms with Gasteiger partial charge in [-0.25, -0.2) is 0 Å². The Balaban J connectivity index is 0.00000144. The van der Waals surface area contributed by atoms with Gasteiger partial charge in [0.25, 0.3) is 0 Å². The smallest absolute Gasteiger partial charge is 1.00 e. The van der Waals surface area contributed by atoms with Gasteiger partial charge in [-0.2, -0.15) is 0 Å². The van der Waals surface area contributed by atoms with Crippen molar-refractivity contribution in [3.63, 3.8) is 0 Å². The molecule has 1 aliphatic rings. The van der Waals surface area contributed by atoms with Crippen molar-refractivity contribution in [1.82, 2.24) is 0 Å². The molecule has 1 aliphatic carbocycles. The van der Waals surface area contributed by atoms with E-state index in [0.29, 0.717) is 0 Å². The standard InChI is InChI=1S/C21H25.2BrH.Zr/c1-20(2,3)16-9-7-14-11-15-8-10-17(21(4,5)6)13-19(15)18(14)12-16;;;/h7,9-10,12-13H,11H2,1-6H3;2*1H;/q;;;+2/p-2. The molecule has 2 aromatic rings. The molecule has 3 rings (SSSR count). The molecule has 0 bridgehead atoms. The molecule has 0 N–H and O–H groups in total. The van der Waals surface area contributed by atoms with Crippen molar-refractivity contribution >= 4 is 3.27 Å². The number of fused-ring (bicyclic) bond motifs is 3. The predicted molar refractivity (Wildman–Crippen MR) is 91.7 cm³/mol. The topological polar surface area (TPSA) is 0 Å². The van der Waals surface area contributed by atoms with Crippen LogP contribution in [0.2, 0.25) is 0 Å². The van der Waals surface area contributed by atoms with Crippen LogP contribution in [-0.4, -0.2) is 0 Å². The Morgan fingerprint density at radius 1 is 0.750 bits per heavy atom. The quantitative estimate of drug-likeness (QED) is 0.353. The van der Waals surface area contributed by atoms with Crippen molar-refractivity contribution in [2.45, 2.75) is 58.8 Å². The number of rotatable bonds is 0. The summed E-state index contributed by atoms with van der Waals surface area (Å²) in [5.74, 6) is 0. The summed E-state index contributed by atoms with van der Waals surface area (Å²) in [5, 5.41) is 0. The fourth-order valence-corrected chi connectivity index (χ4v) is 4.10. The summed E-state index contributed by atoms with van der Waals surface area (Å²) in [5.41, 5.74) is 9.34. The number of hydrogen-bond donors (Lipinski definition) is 0. The molecule has 0 radical (unpaired) electrons. The van der Waals surface area contributed by atoms with Gasteiger partial charge in [-0.15, -0.1) is 0 Å². The molecule has 2 aromatic carbocycles. The van der Waals surface area contributed by atoms with E-state index in [0.717, 1.165) is 6.42 Å². The van der Waals surface area contributed by atoms with Crippen molar-refractivity contribution < 1.29 is 58.7 Å². The Morgan fingerprint density at radius 3 is 1.83 bits per heavy atom. The van der Waals surface area contributed by atoms with E-state index in [-0.39, 0.29) is 44.8 Å². The molecule has 0 saturated heterocycles. The third-order valence-corrected chi connectivity index (χ3v) is 5.85. The monoisotopic (exact) mass is 525 g/mol. The van der Waals surface area contributed by atoms with Gasteiger partial charge in [-0.1, -0.05) is 0 Å². The van der Waals surface area contributed by atoms with E-state index in [9.17, 15) is 0 Å². The molecule has 0 fully saturated rings. The second kappa shape index (κ2) is 7.49. The zero-order chi connectivity index (χ0) is 16.3. The maximum Gasteiger partial charge on any atom is -1.00 e. The first kappa shape index (κ1) is 22.3.